The van der Waals surface area contributed by atoms with Gasteiger partial charge in [0.15, 0.2) is 5.69 Å². The molecule has 7 nitrogen and oxygen atoms in total. The fourth-order valence-electron chi connectivity index (χ4n) is 4.81. The Morgan fingerprint density at radius 1 is 1.06 bits per heavy atom. The summed E-state index contributed by atoms with van der Waals surface area (Å²) in [6.45, 7) is 2.39. The third-order valence-corrected chi connectivity index (χ3v) is 6.52. The molecular weight excluding hydrogens is 421 g/mol. The standard InChI is InChI=1S/C25H26FN5O2/c26-21-8-3-5-18(13-21)14-24(32)31-11-4-9-22(31)16-30-17-23(27-28-30)25(33)29-12-10-19-6-1-2-7-20(19)15-29/h1-3,5-8,13,17,22H,4,9-12,14-16H2. The van der Waals surface area contributed by atoms with E-state index >= 15 is 0 Å². The summed E-state index contributed by atoms with van der Waals surface area (Å²) in [6, 6.07) is 14.3. The van der Waals surface area contributed by atoms with Crippen molar-refractivity contribution in [2.75, 3.05) is 13.1 Å². The van der Waals surface area contributed by atoms with E-state index in [0.717, 1.165) is 19.3 Å². The minimum absolute atomic E-state index is 0.0161. The lowest BCUT2D eigenvalue weighted by Crippen LogP contribution is -2.39. The minimum Gasteiger partial charge on any atom is -0.338 e. The summed E-state index contributed by atoms with van der Waals surface area (Å²) in [5.41, 5.74) is 3.45. The molecular formula is C25H26FN5O2. The molecule has 0 bridgehead atoms. The Morgan fingerprint density at radius 2 is 1.91 bits per heavy atom. The number of rotatable bonds is 5. The van der Waals surface area contributed by atoms with Crippen LogP contribution in [0.2, 0.25) is 0 Å². The summed E-state index contributed by atoms with van der Waals surface area (Å²) < 4.78 is 15.1. The average Bonchev–Trinajstić information content (AvgIpc) is 3.48. The van der Waals surface area contributed by atoms with Gasteiger partial charge in [0, 0.05) is 19.6 Å². The van der Waals surface area contributed by atoms with E-state index < -0.39 is 0 Å². The maximum Gasteiger partial charge on any atom is 0.276 e. The molecule has 0 saturated carbocycles. The number of benzene rings is 2. The normalized spacial score (nSPS) is 17.8. The zero-order valence-corrected chi connectivity index (χ0v) is 18.4. The highest BCUT2D eigenvalue weighted by Crippen LogP contribution is 2.22. The lowest BCUT2D eigenvalue weighted by atomic mass is 10.00. The van der Waals surface area contributed by atoms with Gasteiger partial charge in [0.05, 0.1) is 25.2 Å². The van der Waals surface area contributed by atoms with Crippen LogP contribution in [0.4, 0.5) is 4.39 Å². The first-order valence-electron chi connectivity index (χ1n) is 11.4. The zero-order valence-electron chi connectivity index (χ0n) is 18.4. The van der Waals surface area contributed by atoms with Crippen molar-refractivity contribution in [2.45, 2.75) is 44.8 Å². The molecule has 0 spiro atoms. The summed E-state index contributed by atoms with van der Waals surface area (Å²) >= 11 is 0. The fourth-order valence-corrected chi connectivity index (χ4v) is 4.81. The molecule has 1 fully saturated rings. The van der Waals surface area contributed by atoms with Crippen molar-refractivity contribution >= 4 is 11.8 Å². The lowest BCUT2D eigenvalue weighted by molar-refractivity contribution is -0.131. The number of fused-ring (bicyclic) bond motifs is 1. The van der Waals surface area contributed by atoms with Gasteiger partial charge in [-0.15, -0.1) is 5.10 Å². The SMILES string of the molecule is O=C(c1cn(CC2CCCN2C(=O)Cc2cccc(F)c2)nn1)N1CCc2ccccc2C1. The van der Waals surface area contributed by atoms with Crippen LogP contribution in [0.5, 0.6) is 0 Å². The van der Waals surface area contributed by atoms with Gasteiger partial charge < -0.3 is 9.80 Å². The molecule has 5 rings (SSSR count). The van der Waals surface area contributed by atoms with Gasteiger partial charge in [-0.25, -0.2) is 9.07 Å². The summed E-state index contributed by atoms with van der Waals surface area (Å²) in [4.78, 5) is 29.5. The number of hydrogen-bond donors (Lipinski definition) is 0. The van der Waals surface area contributed by atoms with E-state index in [9.17, 15) is 14.0 Å². The summed E-state index contributed by atoms with van der Waals surface area (Å²) in [6.07, 6.45) is 4.46. The lowest BCUT2D eigenvalue weighted by Gasteiger charge is -2.28. The maximum atomic E-state index is 13.5. The number of likely N-dealkylation sites (tertiary alicyclic amines) is 1. The second kappa shape index (κ2) is 9.13. The molecule has 170 valence electrons. The number of nitrogens with zero attached hydrogens (tertiary/aromatic N) is 5. The molecule has 2 amide bonds. The van der Waals surface area contributed by atoms with Gasteiger partial charge in [0.25, 0.3) is 5.91 Å². The third kappa shape index (κ3) is 4.65. The Balaban J connectivity index is 1.22. The molecule has 0 aliphatic carbocycles. The first kappa shape index (κ1) is 21.3. The molecule has 3 heterocycles. The highest BCUT2D eigenvalue weighted by atomic mass is 19.1. The topological polar surface area (TPSA) is 71.3 Å². The quantitative estimate of drug-likeness (QED) is 0.603. The summed E-state index contributed by atoms with van der Waals surface area (Å²) in [5.74, 6) is -0.483. The van der Waals surface area contributed by atoms with Crippen molar-refractivity contribution in [1.29, 1.82) is 0 Å². The van der Waals surface area contributed by atoms with Crippen molar-refractivity contribution in [1.82, 2.24) is 24.8 Å². The Morgan fingerprint density at radius 3 is 2.76 bits per heavy atom. The summed E-state index contributed by atoms with van der Waals surface area (Å²) in [5, 5.41) is 8.27. The molecule has 2 aliphatic heterocycles. The van der Waals surface area contributed by atoms with E-state index in [1.807, 2.05) is 17.0 Å². The number of amides is 2. The molecule has 1 unspecified atom stereocenters. The van der Waals surface area contributed by atoms with Gasteiger partial charge in [-0.1, -0.05) is 41.6 Å². The van der Waals surface area contributed by atoms with E-state index in [0.29, 0.717) is 37.4 Å². The first-order valence-corrected chi connectivity index (χ1v) is 11.4. The van der Waals surface area contributed by atoms with Crippen LogP contribution in [-0.2, 0) is 30.7 Å². The number of aromatic nitrogens is 3. The van der Waals surface area contributed by atoms with Gasteiger partial charge in [-0.2, -0.15) is 0 Å². The highest BCUT2D eigenvalue weighted by molar-refractivity contribution is 5.92. The van der Waals surface area contributed by atoms with E-state index in [2.05, 4.69) is 22.4 Å². The highest BCUT2D eigenvalue weighted by Gasteiger charge is 2.30. The second-order valence-electron chi connectivity index (χ2n) is 8.76. The average molecular weight is 448 g/mol. The van der Waals surface area contributed by atoms with Crippen LogP contribution >= 0.6 is 0 Å². The molecule has 0 radical (unpaired) electrons. The Bertz CT molecular complexity index is 1180. The molecule has 2 aromatic carbocycles. The maximum absolute atomic E-state index is 13.5. The van der Waals surface area contributed by atoms with Gasteiger partial charge in [-0.05, 0) is 48.1 Å². The van der Waals surface area contributed by atoms with Gasteiger partial charge in [0.2, 0.25) is 5.91 Å². The molecule has 1 aromatic heterocycles. The number of halogens is 1. The van der Waals surface area contributed by atoms with Crippen LogP contribution in [0.3, 0.4) is 0 Å². The molecule has 2 aliphatic rings. The number of hydrogen-bond acceptors (Lipinski definition) is 4. The van der Waals surface area contributed by atoms with Crippen molar-refractivity contribution in [2.24, 2.45) is 0 Å². The Labute approximate surface area is 191 Å². The largest absolute Gasteiger partial charge is 0.338 e. The molecule has 0 N–H and O–H groups in total. The van der Waals surface area contributed by atoms with Crippen LogP contribution in [-0.4, -0.2) is 55.7 Å². The Hall–Kier alpha value is -3.55. The van der Waals surface area contributed by atoms with Crippen LogP contribution in [0, 0.1) is 5.82 Å². The van der Waals surface area contributed by atoms with Gasteiger partial charge in [0.1, 0.15) is 5.82 Å². The minimum atomic E-state index is -0.338. The summed E-state index contributed by atoms with van der Waals surface area (Å²) in [7, 11) is 0. The molecule has 33 heavy (non-hydrogen) atoms. The fraction of sp³-hybridized carbons (Fsp3) is 0.360. The van der Waals surface area contributed by atoms with Crippen molar-refractivity contribution in [3.8, 4) is 0 Å². The predicted molar refractivity (Wildman–Crippen MR) is 120 cm³/mol. The second-order valence-corrected chi connectivity index (χ2v) is 8.76. The van der Waals surface area contributed by atoms with Crippen molar-refractivity contribution in [3.05, 3.63) is 82.9 Å². The van der Waals surface area contributed by atoms with E-state index in [1.54, 1.807) is 27.9 Å². The van der Waals surface area contributed by atoms with Gasteiger partial charge >= 0.3 is 0 Å². The van der Waals surface area contributed by atoms with Crippen LogP contribution in [0.1, 0.15) is 40.0 Å². The number of carbonyl (C=O) groups excluding carboxylic acids is 2. The smallest absolute Gasteiger partial charge is 0.276 e. The van der Waals surface area contributed by atoms with Crippen molar-refractivity contribution in [3.63, 3.8) is 0 Å². The van der Waals surface area contributed by atoms with Crippen LogP contribution in [0.25, 0.3) is 0 Å². The monoisotopic (exact) mass is 447 g/mol. The molecule has 3 aromatic rings. The predicted octanol–water partition coefficient (Wildman–Crippen LogP) is 2.85. The first-order chi connectivity index (χ1) is 16.1. The van der Waals surface area contributed by atoms with Gasteiger partial charge in [-0.3, -0.25) is 9.59 Å². The van der Waals surface area contributed by atoms with E-state index in [1.165, 1.54) is 23.3 Å². The molecule has 8 heteroatoms. The molecule has 1 atom stereocenters. The van der Waals surface area contributed by atoms with Crippen LogP contribution < -0.4 is 0 Å². The van der Waals surface area contributed by atoms with E-state index in [-0.39, 0.29) is 30.1 Å². The molecule has 1 saturated heterocycles. The third-order valence-electron chi connectivity index (χ3n) is 6.52. The Kier molecular flexibility index (Phi) is 5.90. The zero-order chi connectivity index (χ0) is 22.8. The van der Waals surface area contributed by atoms with E-state index in [4.69, 9.17) is 0 Å². The van der Waals surface area contributed by atoms with Crippen LogP contribution in [0.15, 0.2) is 54.7 Å². The number of carbonyl (C=O) groups is 2. The van der Waals surface area contributed by atoms with Crippen molar-refractivity contribution < 1.29 is 14.0 Å².